The van der Waals surface area contributed by atoms with E-state index in [-0.39, 0.29) is 10.7 Å². The summed E-state index contributed by atoms with van der Waals surface area (Å²) in [5.74, 6) is -1.60. The lowest BCUT2D eigenvalue weighted by molar-refractivity contribution is 0.0687. The van der Waals surface area contributed by atoms with Crippen molar-refractivity contribution in [1.82, 2.24) is 4.57 Å². The third-order valence-electron chi connectivity index (χ3n) is 2.30. The Morgan fingerprint density at radius 2 is 2.13 bits per heavy atom. The number of aryl methyl sites for hydroxylation is 1. The monoisotopic (exact) mass is 227 g/mol. The molecule has 0 radical (unpaired) electrons. The standard InChI is InChI=1S/C10H7ClFNO2/c1-13-8-4-7(12)6(11)2-5(8)3-9(13)10(14)15/h2-4H,1H3,(H,14,15). The lowest BCUT2D eigenvalue weighted by Crippen LogP contribution is -2.03. The minimum Gasteiger partial charge on any atom is -0.477 e. The first-order chi connectivity index (χ1) is 7.00. The molecule has 15 heavy (non-hydrogen) atoms. The van der Waals surface area contributed by atoms with Crippen LogP contribution in [-0.2, 0) is 7.05 Å². The molecule has 0 amide bonds. The maximum atomic E-state index is 13.1. The highest BCUT2D eigenvalue weighted by Gasteiger charge is 2.13. The summed E-state index contributed by atoms with van der Waals surface area (Å²) in [5, 5.41) is 9.46. The Kier molecular flexibility index (Phi) is 2.16. The molecule has 1 N–H and O–H groups in total. The summed E-state index contributed by atoms with van der Waals surface area (Å²) in [4.78, 5) is 10.8. The molecule has 1 aromatic carbocycles. The van der Waals surface area contributed by atoms with Gasteiger partial charge in [0.2, 0.25) is 0 Å². The van der Waals surface area contributed by atoms with Crippen LogP contribution in [-0.4, -0.2) is 15.6 Å². The van der Waals surface area contributed by atoms with Crippen molar-refractivity contribution < 1.29 is 14.3 Å². The third-order valence-corrected chi connectivity index (χ3v) is 2.59. The molecule has 0 saturated carbocycles. The maximum absolute atomic E-state index is 13.1. The van der Waals surface area contributed by atoms with Gasteiger partial charge in [0.1, 0.15) is 11.5 Å². The molecule has 0 aliphatic carbocycles. The van der Waals surface area contributed by atoms with E-state index in [1.54, 1.807) is 7.05 Å². The van der Waals surface area contributed by atoms with Crippen molar-refractivity contribution in [3.63, 3.8) is 0 Å². The van der Waals surface area contributed by atoms with Gasteiger partial charge in [-0.25, -0.2) is 9.18 Å². The number of carbonyl (C=O) groups is 1. The number of rotatable bonds is 1. The summed E-state index contributed by atoms with van der Waals surface area (Å²) < 4.78 is 14.6. The van der Waals surface area contributed by atoms with Crippen molar-refractivity contribution in [2.24, 2.45) is 7.05 Å². The lowest BCUT2D eigenvalue weighted by Gasteiger charge is -1.99. The number of carboxylic acids is 1. The number of nitrogens with zero attached hydrogens (tertiary/aromatic N) is 1. The van der Waals surface area contributed by atoms with Gasteiger partial charge in [-0.3, -0.25) is 0 Å². The van der Waals surface area contributed by atoms with Crippen molar-refractivity contribution >= 4 is 28.5 Å². The van der Waals surface area contributed by atoms with Crippen molar-refractivity contribution in [2.75, 3.05) is 0 Å². The van der Waals surface area contributed by atoms with E-state index in [0.29, 0.717) is 10.9 Å². The molecule has 5 heteroatoms. The molecule has 0 fully saturated rings. The summed E-state index contributed by atoms with van der Waals surface area (Å²) in [6, 6.07) is 4.10. The van der Waals surface area contributed by atoms with E-state index in [2.05, 4.69) is 0 Å². The van der Waals surface area contributed by atoms with Gasteiger partial charge in [-0.05, 0) is 18.2 Å². The van der Waals surface area contributed by atoms with E-state index in [4.69, 9.17) is 16.7 Å². The van der Waals surface area contributed by atoms with Crippen LogP contribution in [0.3, 0.4) is 0 Å². The van der Waals surface area contributed by atoms with Crippen molar-refractivity contribution in [2.45, 2.75) is 0 Å². The molecule has 1 heterocycles. The molecule has 0 aliphatic heterocycles. The second-order valence-electron chi connectivity index (χ2n) is 3.22. The molecule has 0 unspecified atom stereocenters. The average Bonchev–Trinajstić information content (AvgIpc) is 2.46. The quantitative estimate of drug-likeness (QED) is 0.814. The van der Waals surface area contributed by atoms with Crippen molar-refractivity contribution in [3.8, 4) is 0 Å². The van der Waals surface area contributed by atoms with E-state index in [9.17, 15) is 9.18 Å². The van der Waals surface area contributed by atoms with Crippen molar-refractivity contribution in [1.29, 1.82) is 0 Å². The van der Waals surface area contributed by atoms with E-state index in [0.717, 1.165) is 0 Å². The molecule has 0 aliphatic rings. The van der Waals surface area contributed by atoms with Crippen LogP contribution in [0.2, 0.25) is 5.02 Å². The number of aromatic carboxylic acids is 1. The molecular formula is C10H7ClFNO2. The SMILES string of the molecule is Cn1c(C(=O)O)cc2cc(Cl)c(F)cc21. The van der Waals surface area contributed by atoms with E-state index in [1.165, 1.54) is 22.8 Å². The Bertz CT molecular complexity index is 562. The topological polar surface area (TPSA) is 42.2 Å². The zero-order valence-electron chi connectivity index (χ0n) is 7.79. The fourth-order valence-corrected chi connectivity index (χ4v) is 1.71. The number of hydrogen-bond acceptors (Lipinski definition) is 1. The fourth-order valence-electron chi connectivity index (χ4n) is 1.54. The van der Waals surface area contributed by atoms with Crippen LogP contribution in [0.4, 0.5) is 4.39 Å². The molecule has 0 bridgehead atoms. The van der Waals surface area contributed by atoms with Gasteiger partial charge in [-0.1, -0.05) is 11.6 Å². The number of carboxylic acid groups (broad SMARTS) is 1. The zero-order valence-corrected chi connectivity index (χ0v) is 8.55. The first kappa shape index (κ1) is 9.98. The largest absolute Gasteiger partial charge is 0.477 e. The molecule has 0 spiro atoms. The van der Waals surface area contributed by atoms with Crippen LogP contribution in [0.5, 0.6) is 0 Å². The van der Waals surface area contributed by atoms with Gasteiger partial charge >= 0.3 is 5.97 Å². The average molecular weight is 228 g/mol. The smallest absolute Gasteiger partial charge is 0.352 e. The van der Waals surface area contributed by atoms with Gasteiger partial charge in [0.15, 0.2) is 0 Å². The number of halogens is 2. The van der Waals surface area contributed by atoms with E-state index >= 15 is 0 Å². The second kappa shape index (κ2) is 3.24. The Labute approximate surface area is 89.7 Å². The Hall–Kier alpha value is -1.55. The Morgan fingerprint density at radius 3 is 2.73 bits per heavy atom. The van der Waals surface area contributed by atoms with Crippen LogP contribution in [0, 0.1) is 5.82 Å². The number of hydrogen-bond donors (Lipinski definition) is 1. The summed E-state index contributed by atoms with van der Waals surface area (Å²) in [5.41, 5.74) is 0.612. The normalized spacial score (nSPS) is 10.9. The molecule has 2 aromatic rings. The molecule has 0 saturated heterocycles. The highest BCUT2D eigenvalue weighted by molar-refractivity contribution is 6.31. The molecule has 1 aromatic heterocycles. The molecule has 3 nitrogen and oxygen atoms in total. The summed E-state index contributed by atoms with van der Waals surface area (Å²) in [6.07, 6.45) is 0. The predicted molar refractivity (Wildman–Crippen MR) is 54.8 cm³/mol. The van der Waals surface area contributed by atoms with E-state index in [1.807, 2.05) is 0 Å². The summed E-state index contributed by atoms with van der Waals surface area (Å²) in [6.45, 7) is 0. The minimum atomic E-state index is -1.05. The molecule has 0 atom stereocenters. The second-order valence-corrected chi connectivity index (χ2v) is 3.63. The molecule has 78 valence electrons. The van der Waals surface area contributed by atoms with Gasteiger partial charge in [0.25, 0.3) is 0 Å². The first-order valence-electron chi connectivity index (χ1n) is 4.18. The van der Waals surface area contributed by atoms with Gasteiger partial charge in [0.05, 0.1) is 10.5 Å². The zero-order chi connectivity index (χ0) is 11.2. The Balaban J connectivity index is 2.83. The third kappa shape index (κ3) is 1.47. The Morgan fingerprint density at radius 1 is 1.47 bits per heavy atom. The van der Waals surface area contributed by atoms with Gasteiger partial charge < -0.3 is 9.67 Å². The predicted octanol–water partition coefficient (Wildman–Crippen LogP) is 2.67. The summed E-state index contributed by atoms with van der Waals surface area (Å²) in [7, 11) is 1.57. The highest BCUT2D eigenvalue weighted by atomic mass is 35.5. The van der Waals surface area contributed by atoms with Crippen LogP contribution in [0.1, 0.15) is 10.5 Å². The fraction of sp³-hybridized carbons (Fsp3) is 0.100. The molecular weight excluding hydrogens is 221 g/mol. The lowest BCUT2D eigenvalue weighted by atomic mass is 10.2. The van der Waals surface area contributed by atoms with Gasteiger partial charge in [0, 0.05) is 12.4 Å². The van der Waals surface area contributed by atoms with Crippen molar-refractivity contribution in [3.05, 3.63) is 34.7 Å². The number of aromatic nitrogens is 1. The minimum absolute atomic E-state index is 0.00922. The van der Waals surface area contributed by atoms with Gasteiger partial charge in [-0.2, -0.15) is 0 Å². The highest BCUT2D eigenvalue weighted by Crippen LogP contribution is 2.25. The van der Waals surface area contributed by atoms with Crippen LogP contribution in [0.25, 0.3) is 10.9 Å². The maximum Gasteiger partial charge on any atom is 0.352 e. The first-order valence-corrected chi connectivity index (χ1v) is 4.56. The van der Waals surface area contributed by atoms with E-state index < -0.39 is 11.8 Å². The molecule has 2 rings (SSSR count). The van der Waals surface area contributed by atoms with Crippen LogP contribution in [0.15, 0.2) is 18.2 Å². The number of fused-ring (bicyclic) bond motifs is 1. The van der Waals surface area contributed by atoms with Crippen LogP contribution >= 0.6 is 11.6 Å². The van der Waals surface area contributed by atoms with Gasteiger partial charge in [-0.15, -0.1) is 0 Å². The number of benzene rings is 1. The van der Waals surface area contributed by atoms with Crippen LogP contribution < -0.4 is 0 Å². The summed E-state index contributed by atoms with van der Waals surface area (Å²) >= 11 is 5.60.